The molecule has 0 fully saturated rings. The third-order valence-corrected chi connectivity index (χ3v) is 5.65. The Bertz CT molecular complexity index is 1100. The van der Waals surface area contributed by atoms with Gasteiger partial charge < -0.3 is 19.9 Å². The Morgan fingerprint density at radius 2 is 1.94 bits per heavy atom. The van der Waals surface area contributed by atoms with E-state index in [0.717, 1.165) is 5.56 Å². The summed E-state index contributed by atoms with van der Waals surface area (Å²) in [6, 6.07) is 12.4. The number of rotatable bonds is 8. The maximum atomic E-state index is 12.4. The van der Waals surface area contributed by atoms with Crippen molar-refractivity contribution in [3.8, 4) is 5.75 Å². The number of benzene rings is 2. The zero-order chi connectivity index (χ0) is 22.4. The molecule has 0 atom stereocenters. The maximum absolute atomic E-state index is 12.4. The Morgan fingerprint density at radius 3 is 2.68 bits per heavy atom. The van der Waals surface area contributed by atoms with Gasteiger partial charge in [-0.3, -0.25) is 9.59 Å². The van der Waals surface area contributed by atoms with E-state index in [9.17, 15) is 9.59 Å². The molecule has 2 amide bonds. The maximum Gasteiger partial charge on any atom is 0.234 e. The number of aromatic nitrogens is 3. The minimum atomic E-state index is -0.226. The highest BCUT2D eigenvalue weighted by Gasteiger charge is 2.15. The van der Waals surface area contributed by atoms with Gasteiger partial charge in [0.15, 0.2) is 5.16 Å². The predicted molar refractivity (Wildman–Crippen MR) is 122 cm³/mol. The van der Waals surface area contributed by atoms with Gasteiger partial charge in [0.25, 0.3) is 0 Å². The fraction of sp³-hybridized carbons (Fsp3) is 0.238. The molecule has 162 valence electrons. The molecule has 1 aromatic heterocycles. The van der Waals surface area contributed by atoms with Crippen molar-refractivity contribution in [1.82, 2.24) is 14.8 Å². The average molecular weight is 460 g/mol. The molecule has 3 aromatic rings. The van der Waals surface area contributed by atoms with Crippen molar-refractivity contribution in [2.45, 2.75) is 18.5 Å². The highest BCUT2D eigenvalue weighted by Crippen LogP contribution is 2.21. The van der Waals surface area contributed by atoms with E-state index in [4.69, 9.17) is 16.3 Å². The van der Waals surface area contributed by atoms with Gasteiger partial charge >= 0.3 is 0 Å². The normalized spacial score (nSPS) is 10.6. The van der Waals surface area contributed by atoms with Gasteiger partial charge in [-0.05, 0) is 42.8 Å². The summed E-state index contributed by atoms with van der Waals surface area (Å²) in [5, 5.41) is 15.0. The minimum Gasteiger partial charge on any atom is -0.497 e. The van der Waals surface area contributed by atoms with Gasteiger partial charge in [0, 0.05) is 29.5 Å². The van der Waals surface area contributed by atoms with Crippen molar-refractivity contribution in [2.75, 3.05) is 23.5 Å². The van der Waals surface area contributed by atoms with Crippen LogP contribution in [0.2, 0.25) is 5.02 Å². The lowest BCUT2D eigenvalue weighted by molar-refractivity contribution is -0.116. The SMILES string of the molecule is COc1cccc(NC(=O)Cc2nnc(SCC(=O)Nc3ccc(Cl)cc3C)n2C)c1. The standard InChI is InChI=1S/C21H22ClN5O3S/c1-13-9-14(22)7-8-17(13)24-20(29)12-31-21-26-25-18(27(21)2)11-19(28)23-15-5-4-6-16(10-15)30-3/h4-10H,11-12H2,1-3H3,(H,23,28)(H,24,29). The summed E-state index contributed by atoms with van der Waals surface area (Å²) in [4.78, 5) is 24.6. The van der Waals surface area contributed by atoms with E-state index >= 15 is 0 Å². The molecule has 8 nitrogen and oxygen atoms in total. The molecule has 10 heteroatoms. The van der Waals surface area contributed by atoms with Gasteiger partial charge in [-0.1, -0.05) is 29.4 Å². The summed E-state index contributed by atoms with van der Waals surface area (Å²) >= 11 is 7.18. The van der Waals surface area contributed by atoms with Crippen LogP contribution in [0.25, 0.3) is 0 Å². The van der Waals surface area contributed by atoms with E-state index in [1.807, 2.05) is 6.92 Å². The molecule has 2 aromatic carbocycles. The van der Waals surface area contributed by atoms with E-state index in [0.29, 0.717) is 33.1 Å². The van der Waals surface area contributed by atoms with Crippen molar-refractivity contribution in [1.29, 1.82) is 0 Å². The van der Waals surface area contributed by atoms with E-state index < -0.39 is 0 Å². The lowest BCUT2D eigenvalue weighted by Gasteiger charge is -2.09. The Hall–Kier alpha value is -3.04. The Kier molecular flexibility index (Phi) is 7.54. The third-order valence-electron chi connectivity index (χ3n) is 4.39. The molecule has 0 aliphatic rings. The largest absolute Gasteiger partial charge is 0.497 e. The van der Waals surface area contributed by atoms with Gasteiger partial charge in [0.05, 0.1) is 19.3 Å². The molecular weight excluding hydrogens is 438 g/mol. The second-order valence-electron chi connectivity index (χ2n) is 6.71. The molecule has 0 radical (unpaired) electrons. The number of amides is 2. The lowest BCUT2D eigenvalue weighted by Crippen LogP contribution is -2.17. The molecule has 0 saturated carbocycles. The van der Waals surface area contributed by atoms with Crippen LogP contribution in [-0.4, -0.2) is 39.4 Å². The van der Waals surface area contributed by atoms with E-state index in [2.05, 4.69) is 20.8 Å². The highest BCUT2D eigenvalue weighted by molar-refractivity contribution is 7.99. The Labute approximate surface area is 189 Å². The van der Waals surface area contributed by atoms with Crippen LogP contribution in [0.4, 0.5) is 11.4 Å². The number of aryl methyl sites for hydroxylation is 1. The van der Waals surface area contributed by atoms with Crippen molar-refractivity contribution in [3.05, 3.63) is 58.9 Å². The van der Waals surface area contributed by atoms with Crippen molar-refractivity contribution in [2.24, 2.45) is 7.05 Å². The number of halogens is 1. The van der Waals surface area contributed by atoms with Crippen LogP contribution in [-0.2, 0) is 23.1 Å². The Morgan fingerprint density at radius 1 is 1.13 bits per heavy atom. The molecule has 2 N–H and O–H groups in total. The fourth-order valence-electron chi connectivity index (χ4n) is 2.76. The number of carbonyl (C=O) groups excluding carboxylic acids is 2. The Balaban J connectivity index is 1.54. The fourth-order valence-corrected chi connectivity index (χ4v) is 3.71. The van der Waals surface area contributed by atoms with Gasteiger partial charge in [-0.15, -0.1) is 10.2 Å². The summed E-state index contributed by atoms with van der Waals surface area (Å²) in [6.07, 6.45) is 0.0530. The molecule has 0 saturated heterocycles. The summed E-state index contributed by atoms with van der Waals surface area (Å²) in [6.45, 7) is 1.88. The second-order valence-corrected chi connectivity index (χ2v) is 8.09. The summed E-state index contributed by atoms with van der Waals surface area (Å²) in [7, 11) is 3.33. The third kappa shape index (κ3) is 6.22. The number of hydrogen-bond acceptors (Lipinski definition) is 6. The van der Waals surface area contributed by atoms with E-state index in [1.54, 1.807) is 61.2 Å². The molecule has 1 heterocycles. The van der Waals surface area contributed by atoms with Crippen LogP contribution in [0.5, 0.6) is 5.75 Å². The van der Waals surface area contributed by atoms with Gasteiger partial charge in [0.2, 0.25) is 11.8 Å². The van der Waals surface area contributed by atoms with Crippen LogP contribution < -0.4 is 15.4 Å². The summed E-state index contributed by atoms with van der Waals surface area (Å²) in [5.74, 6) is 0.912. The van der Waals surface area contributed by atoms with Crippen LogP contribution in [0, 0.1) is 6.92 Å². The number of ether oxygens (including phenoxy) is 1. The van der Waals surface area contributed by atoms with Crippen LogP contribution in [0.1, 0.15) is 11.4 Å². The van der Waals surface area contributed by atoms with Crippen LogP contribution >= 0.6 is 23.4 Å². The van der Waals surface area contributed by atoms with Crippen molar-refractivity contribution >= 4 is 46.6 Å². The summed E-state index contributed by atoms with van der Waals surface area (Å²) < 4.78 is 6.86. The van der Waals surface area contributed by atoms with Crippen LogP contribution in [0.15, 0.2) is 47.6 Å². The lowest BCUT2D eigenvalue weighted by atomic mass is 10.2. The molecule has 0 unspecified atom stereocenters. The first-order valence-electron chi connectivity index (χ1n) is 9.36. The zero-order valence-corrected chi connectivity index (χ0v) is 18.9. The van der Waals surface area contributed by atoms with Gasteiger partial charge in [0.1, 0.15) is 11.6 Å². The first-order valence-corrected chi connectivity index (χ1v) is 10.7. The van der Waals surface area contributed by atoms with E-state index in [-0.39, 0.29) is 24.0 Å². The zero-order valence-electron chi connectivity index (χ0n) is 17.3. The second kappa shape index (κ2) is 10.3. The number of thioether (sulfide) groups is 1. The molecule has 31 heavy (non-hydrogen) atoms. The number of nitrogens with zero attached hydrogens (tertiary/aromatic N) is 3. The topological polar surface area (TPSA) is 98.1 Å². The molecule has 0 spiro atoms. The molecule has 0 aliphatic carbocycles. The molecule has 3 rings (SSSR count). The van der Waals surface area contributed by atoms with Crippen LogP contribution in [0.3, 0.4) is 0 Å². The smallest absolute Gasteiger partial charge is 0.234 e. The van der Waals surface area contributed by atoms with Gasteiger partial charge in [-0.2, -0.15) is 0 Å². The minimum absolute atomic E-state index is 0.0530. The number of methoxy groups -OCH3 is 1. The van der Waals surface area contributed by atoms with Gasteiger partial charge in [-0.25, -0.2) is 0 Å². The first kappa shape index (κ1) is 22.6. The highest BCUT2D eigenvalue weighted by atomic mass is 35.5. The van der Waals surface area contributed by atoms with E-state index in [1.165, 1.54) is 11.8 Å². The number of hydrogen-bond donors (Lipinski definition) is 2. The predicted octanol–water partition coefficient (Wildman–Crippen LogP) is 3.70. The summed E-state index contributed by atoms with van der Waals surface area (Å²) in [5.41, 5.74) is 2.23. The van der Waals surface area contributed by atoms with Crippen molar-refractivity contribution in [3.63, 3.8) is 0 Å². The van der Waals surface area contributed by atoms with Crippen molar-refractivity contribution < 1.29 is 14.3 Å². The molecule has 0 bridgehead atoms. The number of nitrogens with one attached hydrogen (secondary N) is 2. The molecular formula is C21H22ClN5O3S. The molecule has 0 aliphatic heterocycles. The number of anilines is 2. The first-order chi connectivity index (χ1) is 14.9. The average Bonchev–Trinajstić information content (AvgIpc) is 3.08. The number of carbonyl (C=O) groups is 2. The quantitative estimate of drug-likeness (QED) is 0.498. The monoisotopic (exact) mass is 459 g/mol.